The predicted molar refractivity (Wildman–Crippen MR) is 139 cm³/mol. The van der Waals surface area contributed by atoms with Crippen LogP contribution in [0.15, 0.2) is 54.6 Å². The predicted octanol–water partition coefficient (Wildman–Crippen LogP) is 3.09. The Kier molecular flexibility index (Phi) is 5.57. The number of hydrogen-bond acceptors (Lipinski definition) is 4. The van der Waals surface area contributed by atoms with E-state index in [1.54, 1.807) is 12.1 Å². The number of fused-ring (bicyclic) bond motifs is 2. The molecule has 3 aliphatic heterocycles. The molecule has 3 amide bonds. The summed E-state index contributed by atoms with van der Waals surface area (Å²) in [5, 5.41) is 2.92. The van der Waals surface area contributed by atoms with Gasteiger partial charge in [-0.3, -0.25) is 19.3 Å². The molecule has 2 aromatic carbocycles. The molecule has 7 heteroatoms. The minimum Gasteiger partial charge on any atom is -0.341 e. The quantitative estimate of drug-likeness (QED) is 0.665. The van der Waals surface area contributed by atoms with E-state index in [-0.39, 0.29) is 23.7 Å². The molecule has 192 valence electrons. The first-order valence-corrected chi connectivity index (χ1v) is 13.8. The number of likely N-dealkylation sites (tertiary alicyclic amines) is 3. The number of amides is 3. The maximum atomic E-state index is 13.4. The Bertz CT molecular complexity index is 1200. The van der Waals surface area contributed by atoms with Crippen LogP contribution in [0.25, 0.3) is 0 Å². The van der Waals surface area contributed by atoms with Gasteiger partial charge in [0.15, 0.2) is 0 Å². The SMILES string of the molecule is O=C(Nc1ccc(C(=O)N2CC3C(C2)C3C(=O)N2CC3CCN(Cc4ccccc4)C3C2)cc1)C1CC1. The van der Waals surface area contributed by atoms with Crippen molar-refractivity contribution in [2.45, 2.75) is 31.8 Å². The Morgan fingerprint density at radius 3 is 2.24 bits per heavy atom. The van der Waals surface area contributed by atoms with E-state index < -0.39 is 0 Å². The summed E-state index contributed by atoms with van der Waals surface area (Å²) in [5.41, 5.74) is 2.72. The Hall–Kier alpha value is -3.19. The van der Waals surface area contributed by atoms with Crippen LogP contribution in [0, 0.1) is 29.6 Å². The van der Waals surface area contributed by atoms with Gasteiger partial charge < -0.3 is 15.1 Å². The summed E-state index contributed by atoms with van der Waals surface area (Å²) in [6.45, 7) is 5.15. The van der Waals surface area contributed by atoms with Gasteiger partial charge in [-0.05, 0) is 73.4 Å². The molecule has 37 heavy (non-hydrogen) atoms. The molecule has 0 spiro atoms. The van der Waals surface area contributed by atoms with E-state index in [1.807, 2.05) is 17.0 Å². The Balaban J connectivity index is 0.913. The van der Waals surface area contributed by atoms with E-state index in [2.05, 4.69) is 45.4 Å². The molecule has 2 aliphatic carbocycles. The molecule has 0 bridgehead atoms. The first-order chi connectivity index (χ1) is 18.0. The minimum atomic E-state index is 0.0192. The lowest BCUT2D eigenvalue weighted by molar-refractivity contribution is -0.132. The standard InChI is InChI=1S/C30H34N4O3/c35-28(20-6-7-20)31-23-10-8-21(9-11-23)29(36)34-16-24-25(17-34)27(24)30(37)33-15-22-12-13-32(26(22)18-33)14-19-4-2-1-3-5-19/h1-5,8-11,20,22,24-27H,6-7,12-18H2,(H,31,35). The van der Waals surface area contributed by atoms with Crippen molar-refractivity contribution in [3.05, 3.63) is 65.7 Å². The van der Waals surface area contributed by atoms with Gasteiger partial charge in [-0.1, -0.05) is 30.3 Å². The highest BCUT2D eigenvalue weighted by molar-refractivity contribution is 5.97. The van der Waals surface area contributed by atoms with Gasteiger partial charge >= 0.3 is 0 Å². The van der Waals surface area contributed by atoms with Crippen molar-refractivity contribution >= 4 is 23.4 Å². The van der Waals surface area contributed by atoms with E-state index in [0.29, 0.717) is 48.4 Å². The Morgan fingerprint density at radius 2 is 1.54 bits per heavy atom. The third-order valence-corrected chi connectivity index (χ3v) is 9.32. The number of nitrogens with zero attached hydrogens (tertiary/aromatic N) is 3. The highest BCUT2D eigenvalue weighted by Crippen LogP contribution is 2.53. The van der Waals surface area contributed by atoms with Crippen LogP contribution in [-0.2, 0) is 16.1 Å². The molecule has 2 saturated carbocycles. The van der Waals surface area contributed by atoms with Crippen molar-refractivity contribution in [3.8, 4) is 0 Å². The van der Waals surface area contributed by atoms with Crippen LogP contribution in [0.3, 0.4) is 0 Å². The number of rotatable bonds is 6. The summed E-state index contributed by atoms with van der Waals surface area (Å²) in [7, 11) is 0. The second-order valence-corrected chi connectivity index (χ2v) is 11.7. The van der Waals surface area contributed by atoms with Crippen molar-refractivity contribution in [2.24, 2.45) is 29.6 Å². The second kappa shape index (κ2) is 8.98. The summed E-state index contributed by atoms with van der Waals surface area (Å²) in [6, 6.07) is 18.3. The third kappa shape index (κ3) is 4.33. The molecule has 0 aromatic heterocycles. The molecule has 1 N–H and O–H groups in total. The van der Waals surface area contributed by atoms with Gasteiger partial charge in [-0.25, -0.2) is 0 Å². The van der Waals surface area contributed by atoms with Crippen molar-refractivity contribution in [3.63, 3.8) is 0 Å². The molecule has 5 aliphatic rings. The molecule has 7 nitrogen and oxygen atoms in total. The molecule has 5 fully saturated rings. The normalized spacial score (nSPS) is 30.2. The third-order valence-electron chi connectivity index (χ3n) is 9.32. The van der Waals surface area contributed by atoms with Crippen molar-refractivity contribution in [2.75, 3.05) is 38.0 Å². The molecule has 3 heterocycles. The molecule has 0 radical (unpaired) electrons. The monoisotopic (exact) mass is 498 g/mol. The summed E-state index contributed by atoms with van der Waals surface area (Å²) in [4.78, 5) is 45.0. The van der Waals surface area contributed by atoms with Crippen molar-refractivity contribution in [1.29, 1.82) is 0 Å². The number of hydrogen-bond donors (Lipinski definition) is 1. The maximum absolute atomic E-state index is 13.4. The van der Waals surface area contributed by atoms with Gasteiger partial charge in [0.25, 0.3) is 5.91 Å². The summed E-state index contributed by atoms with van der Waals surface area (Å²) in [5.74, 6) is 1.83. The molecule has 4 unspecified atom stereocenters. The van der Waals surface area contributed by atoms with Gasteiger partial charge in [0.2, 0.25) is 11.8 Å². The maximum Gasteiger partial charge on any atom is 0.253 e. The average Bonchev–Trinajstić information content (AvgIpc) is 3.74. The minimum absolute atomic E-state index is 0.0192. The van der Waals surface area contributed by atoms with Crippen LogP contribution in [-0.4, -0.2) is 71.2 Å². The Labute approximate surface area is 217 Å². The highest BCUT2D eigenvalue weighted by Gasteiger charge is 2.61. The first-order valence-electron chi connectivity index (χ1n) is 13.8. The Morgan fingerprint density at radius 1 is 0.811 bits per heavy atom. The zero-order valence-electron chi connectivity index (χ0n) is 21.1. The van der Waals surface area contributed by atoms with Crippen molar-refractivity contribution < 1.29 is 14.4 Å². The number of benzene rings is 2. The molecular formula is C30H34N4O3. The lowest BCUT2D eigenvalue weighted by atomic mass is 10.0. The number of anilines is 1. The lowest BCUT2D eigenvalue weighted by Crippen LogP contribution is -2.39. The zero-order chi connectivity index (χ0) is 25.1. The fraction of sp³-hybridized carbons (Fsp3) is 0.500. The second-order valence-electron chi connectivity index (χ2n) is 11.7. The number of nitrogens with one attached hydrogen (secondary N) is 1. The topological polar surface area (TPSA) is 73.0 Å². The number of piperidine rings is 1. The fourth-order valence-electron chi connectivity index (χ4n) is 6.98. The molecule has 3 saturated heterocycles. The molecular weight excluding hydrogens is 464 g/mol. The van der Waals surface area contributed by atoms with E-state index >= 15 is 0 Å². The zero-order valence-corrected chi connectivity index (χ0v) is 21.1. The first kappa shape index (κ1) is 23.0. The molecule has 7 rings (SSSR count). The van der Waals surface area contributed by atoms with Gasteiger partial charge in [-0.15, -0.1) is 0 Å². The van der Waals surface area contributed by atoms with E-state index in [1.165, 1.54) is 12.0 Å². The summed E-state index contributed by atoms with van der Waals surface area (Å²) >= 11 is 0. The van der Waals surface area contributed by atoms with Gasteiger partial charge in [-0.2, -0.15) is 0 Å². The average molecular weight is 499 g/mol. The summed E-state index contributed by atoms with van der Waals surface area (Å²) in [6.07, 6.45) is 3.10. The largest absolute Gasteiger partial charge is 0.341 e. The number of carbonyl (C=O) groups is 3. The van der Waals surface area contributed by atoms with Gasteiger partial charge in [0.05, 0.1) is 0 Å². The number of carbonyl (C=O) groups excluding carboxylic acids is 3. The van der Waals surface area contributed by atoms with E-state index in [4.69, 9.17) is 0 Å². The van der Waals surface area contributed by atoms with Crippen LogP contribution in [0.5, 0.6) is 0 Å². The molecule has 4 atom stereocenters. The van der Waals surface area contributed by atoms with E-state index in [9.17, 15) is 14.4 Å². The van der Waals surface area contributed by atoms with Crippen molar-refractivity contribution in [1.82, 2.24) is 14.7 Å². The smallest absolute Gasteiger partial charge is 0.253 e. The van der Waals surface area contributed by atoms with Crippen LogP contribution in [0.4, 0.5) is 5.69 Å². The fourth-order valence-corrected chi connectivity index (χ4v) is 6.98. The van der Waals surface area contributed by atoms with Gasteiger partial charge in [0.1, 0.15) is 0 Å². The summed E-state index contributed by atoms with van der Waals surface area (Å²) < 4.78 is 0. The van der Waals surface area contributed by atoms with Crippen LogP contribution >= 0.6 is 0 Å². The van der Waals surface area contributed by atoms with Crippen LogP contribution in [0.1, 0.15) is 35.2 Å². The van der Waals surface area contributed by atoms with E-state index in [0.717, 1.165) is 44.7 Å². The lowest BCUT2D eigenvalue weighted by Gasteiger charge is -2.26. The highest BCUT2D eigenvalue weighted by atomic mass is 16.2. The van der Waals surface area contributed by atoms with Gasteiger partial charge in [0, 0.05) is 61.9 Å². The molecule has 2 aromatic rings. The van der Waals surface area contributed by atoms with Crippen LogP contribution in [0.2, 0.25) is 0 Å². The van der Waals surface area contributed by atoms with Crippen LogP contribution < -0.4 is 5.32 Å².